The fraction of sp³-hybridized carbons (Fsp3) is 0.429. The molecule has 19 heavy (non-hydrogen) atoms. The largest absolute Gasteiger partial charge is 0.370 e. The first kappa shape index (κ1) is 14.3. The Labute approximate surface area is 123 Å². The topological polar surface area (TPSA) is 37.8 Å². The lowest BCUT2D eigenvalue weighted by Gasteiger charge is -2.12. The molecular weight excluding hydrogens is 278 g/mol. The van der Waals surface area contributed by atoms with Crippen LogP contribution in [0.15, 0.2) is 11.4 Å². The monoisotopic (exact) mass is 295 g/mol. The third-order valence-electron chi connectivity index (χ3n) is 2.91. The Bertz CT molecular complexity index is 566. The van der Waals surface area contributed by atoms with Gasteiger partial charge in [0.2, 0.25) is 0 Å². The number of thiophene rings is 1. The third kappa shape index (κ3) is 3.25. The van der Waals surface area contributed by atoms with Crippen molar-refractivity contribution in [3.8, 4) is 10.7 Å². The predicted molar refractivity (Wildman–Crippen MR) is 83.3 cm³/mol. The van der Waals surface area contributed by atoms with Crippen LogP contribution >= 0.6 is 22.9 Å². The Kier molecular flexibility index (Phi) is 4.77. The van der Waals surface area contributed by atoms with Gasteiger partial charge >= 0.3 is 0 Å². The van der Waals surface area contributed by atoms with Crippen molar-refractivity contribution >= 4 is 28.8 Å². The molecule has 3 nitrogen and oxygen atoms in total. The molecule has 0 atom stereocenters. The van der Waals surface area contributed by atoms with Crippen LogP contribution in [-0.4, -0.2) is 16.5 Å². The highest BCUT2D eigenvalue weighted by molar-refractivity contribution is 7.14. The van der Waals surface area contributed by atoms with Crippen LogP contribution in [-0.2, 0) is 6.42 Å². The molecule has 0 fully saturated rings. The molecule has 0 aliphatic rings. The van der Waals surface area contributed by atoms with Crippen LogP contribution < -0.4 is 5.32 Å². The van der Waals surface area contributed by atoms with Crippen molar-refractivity contribution < 1.29 is 0 Å². The summed E-state index contributed by atoms with van der Waals surface area (Å²) in [4.78, 5) is 10.3. The molecular formula is C14H18ClN3S. The summed E-state index contributed by atoms with van der Waals surface area (Å²) in [6, 6.07) is 1.92. The van der Waals surface area contributed by atoms with Crippen molar-refractivity contribution in [2.75, 3.05) is 11.9 Å². The molecule has 2 heterocycles. The fourth-order valence-electron chi connectivity index (χ4n) is 1.86. The van der Waals surface area contributed by atoms with Crippen molar-refractivity contribution in [3.63, 3.8) is 0 Å². The average molecular weight is 296 g/mol. The number of aromatic nitrogens is 2. The molecule has 0 saturated carbocycles. The number of hydrogen-bond acceptors (Lipinski definition) is 4. The van der Waals surface area contributed by atoms with E-state index in [1.165, 1.54) is 0 Å². The first-order chi connectivity index (χ1) is 9.15. The van der Waals surface area contributed by atoms with E-state index in [9.17, 15) is 0 Å². The summed E-state index contributed by atoms with van der Waals surface area (Å²) in [6.07, 6.45) is 1.98. The van der Waals surface area contributed by atoms with Gasteiger partial charge in [-0.25, -0.2) is 9.97 Å². The first-order valence-corrected chi connectivity index (χ1v) is 7.77. The van der Waals surface area contributed by atoms with Crippen LogP contribution in [0.3, 0.4) is 0 Å². The fourth-order valence-corrected chi connectivity index (χ4v) is 2.87. The van der Waals surface area contributed by atoms with Gasteiger partial charge in [0.15, 0.2) is 5.82 Å². The number of rotatable bonds is 5. The Morgan fingerprint density at radius 1 is 1.32 bits per heavy atom. The minimum Gasteiger partial charge on any atom is -0.370 e. The van der Waals surface area contributed by atoms with Gasteiger partial charge in [-0.05, 0) is 25.8 Å². The van der Waals surface area contributed by atoms with Crippen molar-refractivity contribution in [1.29, 1.82) is 0 Å². The van der Waals surface area contributed by atoms with Crippen LogP contribution in [0.4, 0.5) is 5.82 Å². The molecule has 1 N–H and O–H groups in total. The van der Waals surface area contributed by atoms with Gasteiger partial charge in [0.1, 0.15) is 5.82 Å². The number of nitrogens with one attached hydrogen (secondary N) is 1. The summed E-state index contributed by atoms with van der Waals surface area (Å²) >= 11 is 7.55. The predicted octanol–water partition coefficient (Wildman–Crippen LogP) is 4.55. The zero-order valence-electron chi connectivity index (χ0n) is 11.5. The lowest BCUT2D eigenvalue weighted by Crippen LogP contribution is -2.08. The second kappa shape index (κ2) is 6.35. The summed E-state index contributed by atoms with van der Waals surface area (Å²) in [5, 5.41) is 6.02. The summed E-state index contributed by atoms with van der Waals surface area (Å²) in [6.45, 7) is 7.25. The van der Waals surface area contributed by atoms with Crippen molar-refractivity contribution in [2.24, 2.45) is 0 Å². The number of anilines is 1. The quantitative estimate of drug-likeness (QED) is 0.879. The van der Waals surface area contributed by atoms with E-state index in [-0.39, 0.29) is 0 Å². The molecule has 0 aromatic carbocycles. The maximum Gasteiger partial charge on any atom is 0.171 e. The smallest absolute Gasteiger partial charge is 0.171 e. The molecule has 2 aromatic rings. The van der Waals surface area contributed by atoms with Gasteiger partial charge in [0.25, 0.3) is 0 Å². The zero-order chi connectivity index (χ0) is 13.8. The first-order valence-electron chi connectivity index (χ1n) is 6.51. The van der Waals surface area contributed by atoms with Gasteiger partial charge < -0.3 is 5.32 Å². The number of nitrogens with zero attached hydrogens (tertiary/aromatic N) is 2. The Hall–Kier alpha value is -1.13. The highest BCUT2D eigenvalue weighted by Gasteiger charge is 2.12. The van der Waals surface area contributed by atoms with Gasteiger partial charge in [0.05, 0.1) is 9.90 Å². The van der Waals surface area contributed by atoms with E-state index in [2.05, 4.69) is 36.1 Å². The standard InChI is InChI=1S/C14H18ClN3S/c1-4-6-16-13-9(3)11(5-2)17-14(18-13)12-7-10(15)8-19-12/h7-8H,4-6H2,1-3H3,(H,16,17,18). The molecule has 2 aromatic heterocycles. The maximum atomic E-state index is 5.98. The Balaban J connectivity index is 2.44. The van der Waals surface area contributed by atoms with E-state index in [4.69, 9.17) is 11.6 Å². The van der Waals surface area contributed by atoms with E-state index >= 15 is 0 Å². The van der Waals surface area contributed by atoms with E-state index in [1.54, 1.807) is 11.3 Å². The number of halogens is 1. The number of aryl methyl sites for hydroxylation is 1. The summed E-state index contributed by atoms with van der Waals surface area (Å²) in [5.74, 6) is 1.70. The van der Waals surface area contributed by atoms with Gasteiger partial charge in [-0.3, -0.25) is 0 Å². The molecule has 0 amide bonds. The van der Waals surface area contributed by atoms with Crippen LogP contribution in [0.25, 0.3) is 10.7 Å². The molecule has 0 saturated heterocycles. The molecule has 102 valence electrons. The highest BCUT2D eigenvalue weighted by atomic mass is 35.5. The van der Waals surface area contributed by atoms with Gasteiger partial charge in [-0.2, -0.15) is 0 Å². The third-order valence-corrected chi connectivity index (χ3v) is 4.19. The van der Waals surface area contributed by atoms with Crippen molar-refractivity contribution in [1.82, 2.24) is 9.97 Å². The summed E-state index contributed by atoms with van der Waals surface area (Å²) in [7, 11) is 0. The molecule has 0 aliphatic carbocycles. The average Bonchev–Trinajstić information content (AvgIpc) is 2.84. The van der Waals surface area contributed by atoms with Crippen LogP contribution in [0, 0.1) is 6.92 Å². The SMILES string of the molecule is CCCNc1nc(-c2cc(Cl)cs2)nc(CC)c1C. The van der Waals surface area contributed by atoms with Crippen molar-refractivity contribution in [3.05, 3.63) is 27.7 Å². The van der Waals surface area contributed by atoms with Crippen LogP contribution in [0.2, 0.25) is 5.02 Å². The summed E-state index contributed by atoms with van der Waals surface area (Å²) < 4.78 is 0. The van der Waals surface area contributed by atoms with Crippen LogP contribution in [0.5, 0.6) is 0 Å². The van der Waals surface area contributed by atoms with E-state index in [1.807, 2.05) is 11.4 Å². The van der Waals surface area contributed by atoms with Crippen molar-refractivity contribution in [2.45, 2.75) is 33.6 Å². The maximum absolute atomic E-state index is 5.98. The molecule has 0 unspecified atom stereocenters. The minimum atomic E-state index is 0.741. The zero-order valence-corrected chi connectivity index (χ0v) is 13.0. The minimum absolute atomic E-state index is 0.741. The Morgan fingerprint density at radius 3 is 2.68 bits per heavy atom. The number of hydrogen-bond donors (Lipinski definition) is 1. The normalized spacial score (nSPS) is 10.7. The van der Waals surface area contributed by atoms with Gasteiger partial charge in [0, 0.05) is 23.2 Å². The second-order valence-electron chi connectivity index (χ2n) is 4.38. The lowest BCUT2D eigenvalue weighted by molar-refractivity contribution is 0.937. The Morgan fingerprint density at radius 2 is 2.11 bits per heavy atom. The second-order valence-corrected chi connectivity index (χ2v) is 5.72. The van der Waals surface area contributed by atoms with E-state index < -0.39 is 0 Å². The molecule has 2 rings (SSSR count). The highest BCUT2D eigenvalue weighted by Crippen LogP contribution is 2.29. The molecule has 0 bridgehead atoms. The van der Waals surface area contributed by atoms with Gasteiger partial charge in [-0.15, -0.1) is 11.3 Å². The lowest BCUT2D eigenvalue weighted by atomic mass is 10.2. The molecule has 0 aliphatic heterocycles. The van der Waals surface area contributed by atoms with E-state index in [0.29, 0.717) is 0 Å². The summed E-state index contributed by atoms with van der Waals surface area (Å²) in [5.41, 5.74) is 2.23. The molecule has 0 radical (unpaired) electrons. The molecule has 0 spiro atoms. The molecule has 5 heteroatoms. The van der Waals surface area contributed by atoms with E-state index in [0.717, 1.165) is 52.2 Å². The van der Waals surface area contributed by atoms with Gasteiger partial charge in [-0.1, -0.05) is 25.4 Å². The van der Waals surface area contributed by atoms with Crippen LogP contribution in [0.1, 0.15) is 31.5 Å².